The van der Waals surface area contributed by atoms with E-state index in [9.17, 15) is 0 Å². The van der Waals surface area contributed by atoms with Crippen LogP contribution < -0.4 is 4.57 Å². The second-order valence-corrected chi connectivity index (χ2v) is 8.60. The highest BCUT2D eigenvalue weighted by Crippen LogP contribution is 2.37. The van der Waals surface area contributed by atoms with E-state index in [1.807, 2.05) is 0 Å². The van der Waals surface area contributed by atoms with Crippen molar-refractivity contribution in [2.24, 2.45) is 13.0 Å². The molecule has 1 aromatic heterocycles. The van der Waals surface area contributed by atoms with Crippen LogP contribution in [0.4, 0.5) is 0 Å². The van der Waals surface area contributed by atoms with Gasteiger partial charge in [0.15, 0.2) is 11.0 Å². The highest BCUT2D eigenvalue weighted by Gasteiger charge is 2.33. The van der Waals surface area contributed by atoms with Gasteiger partial charge in [0.2, 0.25) is 0 Å². The first kappa shape index (κ1) is 18.7. The smallest absolute Gasteiger partial charge is 0.226 e. The number of hydrogen-bond donors (Lipinski definition) is 0. The highest BCUT2D eigenvalue weighted by molar-refractivity contribution is 5.81. The normalized spacial score (nSPS) is 16.6. The lowest BCUT2D eigenvalue weighted by Gasteiger charge is -2.19. The lowest BCUT2D eigenvalue weighted by Crippen LogP contribution is -2.33. The van der Waals surface area contributed by atoms with Gasteiger partial charge in [-0.05, 0) is 24.0 Å². The Morgan fingerprint density at radius 3 is 2.11 bits per heavy atom. The number of fused-ring (bicyclic) bond motifs is 1. The van der Waals surface area contributed by atoms with Crippen molar-refractivity contribution in [2.45, 2.75) is 46.5 Å². The molecule has 0 radical (unpaired) electrons. The summed E-state index contributed by atoms with van der Waals surface area (Å²) < 4.78 is 4.89. The zero-order valence-electron chi connectivity index (χ0n) is 17.9. The van der Waals surface area contributed by atoms with Crippen molar-refractivity contribution in [3.63, 3.8) is 0 Å². The van der Waals surface area contributed by atoms with Crippen molar-refractivity contribution in [1.29, 1.82) is 0 Å². The Bertz CT molecular complexity index is 1070. The number of aryl methyl sites for hydroxylation is 1. The molecule has 0 N–H and O–H groups in total. The topological polar surface area (TPSA) is 8.81 Å². The Morgan fingerprint density at radius 1 is 0.893 bits per heavy atom. The van der Waals surface area contributed by atoms with Gasteiger partial charge >= 0.3 is 0 Å². The quantitative estimate of drug-likeness (QED) is 0.477. The van der Waals surface area contributed by atoms with E-state index in [0.29, 0.717) is 17.8 Å². The fraction of sp³-hybridized carbons (Fsp3) is 0.346. The summed E-state index contributed by atoms with van der Waals surface area (Å²) >= 11 is 0. The summed E-state index contributed by atoms with van der Waals surface area (Å²) in [6.07, 6.45) is 6.76. The van der Waals surface area contributed by atoms with Gasteiger partial charge in [0.05, 0.1) is 7.05 Å². The zero-order chi connectivity index (χ0) is 20.0. The third kappa shape index (κ3) is 2.83. The zero-order valence-corrected chi connectivity index (χ0v) is 17.9. The predicted molar refractivity (Wildman–Crippen MR) is 119 cm³/mol. The molecule has 2 heteroatoms. The summed E-state index contributed by atoms with van der Waals surface area (Å²) in [5.41, 5.74) is 8.10. The number of benzene rings is 2. The van der Waals surface area contributed by atoms with Gasteiger partial charge in [0.25, 0.3) is 5.82 Å². The molecule has 0 spiro atoms. The van der Waals surface area contributed by atoms with Gasteiger partial charge in [0.1, 0.15) is 5.69 Å². The number of aromatic nitrogens is 2. The van der Waals surface area contributed by atoms with Crippen molar-refractivity contribution in [3.05, 3.63) is 77.6 Å². The van der Waals surface area contributed by atoms with E-state index >= 15 is 0 Å². The second-order valence-electron chi connectivity index (χ2n) is 8.60. The number of hydrogen-bond acceptors (Lipinski definition) is 0. The standard InChI is InChI=1S/C26H31N2/c1-17(2)20-12-10-13-21(18(3)4)25(20)28-24-16-8-7-15-23(24)27(6)26(28)22-14-9-11-19(22)5/h7-19H,1-6H3/q+1/t19-/m1/s1. The van der Waals surface area contributed by atoms with E-state index < -0.39 is 0 Å². The minimum absolute atomic E-state index is 0.419. The average molecular weight is 372 g/mol. The molecule has 0 fully saturated rings. The summed E-state index contributed by atoms with van der Waals surface area (Å²) in [6.45, 7) is 11.5. The van der Waals surface area contributed by atoms with Crippen LogP contribution in [-0.2, 0) is 7.05 Å². The maximum atomic E-state index is 2.52. The summed E-state index contributed by atoms with van der Waals surface area (Å²) in [5, 5.41) is 0. The SMILES string of the molecule is CC(C)c1cccc(C(C)C)c1-n1c(C2=CC=C[C@H]2C)[n+](C)c2ccccc21. The van der Waals surface area contributed by atoms with E-state index in [1.165, 1.54) is 39.2 Å². The van der Waals surface area contributed by atoms with Gasteiger partial charge in [-0.25, -0.2) is 4.57 Å². The first-order chi connectivity index (χ1) is 13.4. The summed E-state index contributed by atoms with van der Waals surface area (Å²) in [5.74, 6) is 2.62. The van der Waals surface area contributed by atoms with E-state index in [2.05, 4.69) is 111 Å². The summed E-state index contributed by atoms with van der Waals surface area (Å²) in [7, 11) is 2.20. The molecule has 144 valence electrons. The molecule has 1 atom stereocenters. The largest absolute Gasteiger partial charge is 0.291 e. The molecule has 0 saturated heterocycles. The lowest BCUT2D eigenvalue weighted by atomic mass is 9.92. The molecule has 3 aromatic rings. The Labute approximate surface area is 168 Å². The van der Waals surface area contributed by atoms with Gasteiger partial charge in [-0.3, -0.25) is 0 Å². The Morgan fingerprint density at radius 2 is 1.54 bits per heavy atom. The van der Waals surface area contributed by atoms with Crippen LogP contribution in [0.1, 0.15) is 63.4 Å². The Balaban J connectivity index is 2.17. The van der Waals surface area contributed by atoms with Crippen LogP contribution in [0, 0.1) is 5.92 Å². The third-order valence-electron chi connectivity index (χ3n) is 6.00. The van der Waals surface area contributed by atoms with Crippen LogP contribution in [0.3, 0.4) is 0 Å². The van der Waals surface area contributed by atoms with E-state index in [4.69, 9.17) is 0 Å². The molecule has 4 rings (SSSR count). The maximum absolute atomic E-state index is 2.52. The number of imidazole rings is 1. The molecule has 0 saturated carbocycles. The third-order valence-corrected chi connectivity index (χ3v) is 6.00. The van der Waals surface area contributed by atoms with Crippen LogP contribution in [0.5, 0.6) is 0 Å². The van der Waals surface area contributed by atoms with Crippen LogP contribution in [0.2, 0.25) is 0 Å². The van der Waals surface area contributed by atoms with E-state index in [1.54, 1.807) is 0 Å². The lowest BCUT2D eigenvalue weighted by molar-refractivity contribution is -0.648. The molecule has 1 aliphatic rings. The number of nitrogens with zero attached hydrogens (tertiary/aromatic N) is 2. The summed E-state index contributed by atoms with van der Waals surface area (Å²) in [4.78, 5) is 0. The van der Waals surface area contributed by atoms with Gasteiger partial charge in [-0.15, -0.1) is 0 Å². The van der Waals surface area contributed by atoms with Crippen molar-refractivity contribution in [2.75, 3.05) is 0 Å². The fourth-order valence-electron chi connectivity index (χ4n) is 4.49. The van der Waals surface area contributed by atoms with Crippen molar-refractivity contribution in [3.8, 4) is 5.69 Å². The van der Waals surface area contributed by atoms with Gasteiger partial charge in [-0.2, -0.15) is 4.57 Å². The maximum Gasteiger partial charge on any atom is 0.291 e. The average Bonchev–Trinajstić information content (AvgIpc) is 3.21. The van der Waals surface area contributed by atoms with Gasteiger partial charge < -0.3 is 0 Å². The minimum Gasteiger partial charge on any atom is -0.226 e. The fourth-order valence-corrected chi connectivity index (χ4v) is 4.49. The molecular formula is C26H31N2+. The Kier molecular flexibility index (Phi) is 4.74. The van der Waals surface area contributed by atoms with E-state index in [-0.39, 0.29) is 0 Å². The molecule has 0 aliphatic heterocycles. The van der Waals surface area contributed by atoms with Gasteiger partial charge in [-0.1, -0.05) is 83.2 Å². The summed E-state index contributed by atoms with van der Waals surface area (Å²) in [6, 6.07) is 15.6. The first-order valence-corrected chi connectivity index (χ1v) is 10.4. The minimum atomic E-state index is 0.419. The van der Waals surface area contributed by atoms with Crippen LogP contribution in [0.15, 0.2) is 60.7 Å². The molecule has 1 aliphatic carbocycles. The van der Waals surface area contributed by atoms with Crippen molar-refractivity contribution in [1.82, 2.24) is 4.57 Å². The van der Waals surface area contributed by atoms with Crippen molar-refractivity contribution >= 4 is 16.6 Å². The molecule has 0 amide bonds. The molecule has 1 heterocycles. The second kappa shape index (κ2) is 7.09. The highest BCUT2D eigenvalue weighted by atomic mass is 15.2. The first-order valence-electron chi connectivity index (χ1n) is 10.4. The van der Waals surface area contributed by atoms with Crippen LogP contribution in [-0.4, -0.2) is 4.57 Å². The number of para-hydroxylation sites is 3. The Hall–Kier alpha value is -2.61. The monoisotopic (exact) mass is 371 g/mol. The molecule has 2 aromatic carbocycles. The molecule has 28 heavy (non-hydrogen) atoms. The predicted octanol–water partition coefficient (Wildman–Crippen LogP) is 6.29. The molecule has 0 unspecified atom stereocenters. The number of allylic oxidation sites excluding steroid dienone is 4. The van der Waals surface area contributed by atoms with Gasteiger partial charge in [0, 0.05) is 22.6 Å². The molecule has 2 nitrogen and oxygen atoms in total. The van der Waals surface area contributed by atoms with Crippen molar-refractivity contribution < 1.29 is 4.57 Å². The number of rotatable bonds is 4. The van der Waals surface area contributed by atoms with E-state index in [0.717, 1.165) is 0 Å². The molecule has 0 bridgehead atoms. The van der Waals surface area contributed by atoms with Crippen LogP contribution >= 0.6 is 0 Å². The van der Waals surface area contributed by atoms with Crippen LogP contribution in [0.25, 0.3) is 22.3 Å². The molecular weight excluding hydrogens is 340 g/mol.